The topological polar surface area (TPSA) is 29.0 Å². The van der Waals surface area contributed by atoms with Crippen LogP contribution in [0.4, 0.5) is 5.95 Å². The predicted molar refractivity (Wildman–Crippen MR) is 48.2 cm³/mol. The number of hydrogen-bond donors (Lipinski definition) is 0. The largest absolute Gasteiger partial charge is 0.341 e. The van der Waals surface area contributed by atoms with Gasteiger partial charge in [0.25, 0.3) is 0 Å². The Morgan fingerprint density at radius 1 is 1.33 bits per heavy atom. The summed E-state index contributed by atoms with van der Waals surface area (Å²) in [5.41, 5.74) is 1.11. The minimum absolute atomic E-state index is 0.688. The van der Waals surface area contributed by atoms with Gasteiger partial charge in [-0.3, -0.25) is 0 Å². The van der Waals surface area contributed by atoms with Crippen molar-refractivity contribution in [3.05, 3.63) is 18.0 Å². The minimum Gasteiger partial charge on any atom is -0.341 e. The number of anilines is 1. The van der Waals surface area contributed by atoms with E-state index in [0.717, 1.165) is 11.5 Å². The molecule has 2 rings (SSSR count). The first-order chi connectivity index (χ1) is 5.77. The first-order valence-electron chi connectivity index (χ1n) is 4.29. The van der Waals surface area contributed by atoms with Crippen molar-refractivity contribution in [1.82, 2.24) is 9.97 Å². The summed E-state index contributed by atoms with van der Waals surface area (Å²) >= 11 is 0. The Balaban J connectivity index is 2.16. The van der Waals surface area contributed by atoms with Crippen LogP contribution in [-0.2, 0) is 0 Å². The fourth-order valence-corrected chi connectivity index (χ4v) is 1.19. The first kappa shape index (κ1) is 7.53. The molecule has 1 fully saturated rings. The molecular formula is C9H13N3. The van der Waals surface area contributed by atoms with E-state index < -0.39 is 0 Å². The van der Waals surface area contributed by atoms with Gasteiger partial charge in [0.1, 0.15) is 0 Å². The van der Waals surface area contributed by atoms with Gasteiger partial charge in [-0.05, 0) is 25.3 Å². The second-order valence-electron chi connectivity index (χ2n) is 3.40. The van der Waals surface area contributed by atoms with E-state index in [1.165, 1.54) is 12.8 Å². The zero-order chi connectivity index (χ0) is 8.55. The summed E-state index contributed by atoms with van der Waals surface area (Å²) in [6.45, 7) is 2.00. The standard InChI is InChI=1S/C9H13N3/c1-7-5-10-9(11-6-7)12(2)8-3-4-8/h5-6,8H,3-4H2,1-2H3. The Labute approximate surface area is 72.4 Å². The lowest BCUT2D eigenvalue weighted by Crippen LogP contribution is -2.21. The average Bonchev–Trinajstić information content (AvgIpc) is 2.87. The molecule has 0 amide bonds. The molecule has 1 aliphatic carbocycles. The fourth-order valence-electron chi connectivity index (χ4n) is 1.19. The molecule has 0 N–H and O–H groups in total. The zero-order valence-corrected chi connectivity index (χ0v) is 7.49. The van der Waals surface area contributed by atoms with E-state index in [1.807, 2.05) is 19.3 Å². The number of hydrogen-bond acceptors (Lipinski definition) is 3. The highest BCUT2D eigenvalue weighted by Gasteiger charge is 2.27. The van der Waals surface area contributed by atoms with Gasteiger partial charge in [0.15, 0.2) is 0 Å². The molecule has 0 saturated heterocycles. The quantitative estimate of drug-likeness (QED) is 0.659. The highest BCUT2D eigenvalue weighted by Crippen LogP contribution is 2.27. The van der Waals surface area contributed by atoms with Gasteiger partial charge >= 0.3 is 0 Å². The van der Waals surface area contributed by atoms with E-state index >= 15 is 0 Å². The third kappa shape index (κ3) is 1.40. The summed E-state index contributed by atoms with van der Waals surface area (Å²) < 4.78 is 0. The summed E-state index contributed by atoms with van der Waals surface area (Å²) in [5.74, 6) is 0.850. The SMILES string of the molecule is Cc1cnc(N(C)C2CC2)nc1. The second-order valence-corrected chi connectivity index (χ2v) is 3.40. The van der Waals surface area contributed by atoms with Crippen LogP contribution in [0.5, 0.6) is 0 Å². The summed E-state index contributed by atoms with van der Waals surface area (Å²) in [4.78, 5) is 10.7. The molecule has 0 radical (unpaired) electrons. The van der Waals surface area contributed by atoms with Gasteiger partial charge in [-0.1, -0.05) is 0 Å². The van der Waals surface area contributed by atoms with Crippen LogP contribution in [0.15, 0.2) is 12.4 Å². The molecule has 1 saturated carbocycles. The number of nitrogens with zero attached hydrogens (tertiary/aromatic N) is 3. The van der Waals surface area contributed by atoms with Crippen molar-refractivity contribution < 1.29 is 0 Å². The molecule has 0 atom stereocenters. The van der Waals surface area contributed by atoms with Gasteiger partial charge < -0.3 is 4.90 Å². The lowest BCUT2D eigenvalue weighted by molar-refractivity contribution is 0.858. The Hall–Kier alpha value is -1.12. The van der Waals surface area contributed by atoms with Crippen molar-refractivity contribution in [2.45, 2.75) is 25.8 Å². The highest BCUT2D eigenvalue weighted by molar-refractivity contribution is 5.32. The lowest BCUT2D eigenvalue weighted by atomic mass is 10.4. The van der Waals surface area contributed by atoms with Gasteiger partial charge in [-0.25, -0.2) is 9.97 Å². The molecule has 1 heterocycles. The van der Waals surface area contributed by atoms with Gasteiger partial charge in [0.05, 0.1) is 0 Å². The number of aromatic nitrogens is 2. The molecule has 0 aliphatic heterocycles. The monoisotopic (exact) mass is 163 g/mol. The number of rotatable bonds is 2. The van der Waals surface area contributed by atoms with Crippen LogP contribution >= 0.6 is 0 Å². The normalized spacial score (nSPS) is 16.2. The van der Waals surface area contributed by atoms with E-state index in [2.05, 4.69) is 21.9 Å². The van der Waals surface area contributed by atoms with Crippen LogP contribution in [0.2, 0.25) is 0 Å². The van der Waals surface area contributed by atoms with Crippen molar-refractivity contribution in [2.75, 3.05) is 11.9 Å². The van der Waals surface area contributed by atoms with Gasteiger partial charge in [-0.15, -0.1) is 0 Å². The zero-order valence-electron chi connectivity index (χ0n) is 7.49. The van der Waals surface area contributed by atoms with E-state index in [4.69, 9.17) is 0 Å². The van der Waals surface area contributed by atoms with Crippen molar-refractivity contribution in [3.8, 4) is 0 Å². The van der Waals surface area contributed by atoms with Crippen LogP contribution < -0.4 is 4.90 Å². The number of aryl methyl sites for hydroxylation is 1. The lowest BCUT2D eigenvalue weighted by Gasteiger charge is -2.15. The molecule has 1 aromatic rings. The van der Waals surface area contributed by atoms with E-state index in [0.29, 0.717) is 6.04 Å². The van der Waals surface area contributed by atoms with Crippen molar-refractivity contribution in [2.24, 2.45) is 0 Å². The maximum Gasteiger partial charge on any atom is 0.225 e. The average molecular weight is 163 g/mol. The Kier molecular flexibility index (Phi) is 1.71. The van der Waals surface area contributed by atoms with Gasteiger partial charge in [0.2, 0.25) is 5.95 Å². The maximum absolute atomic E-state index is 4.25. The summed E-state index contributed by atoms with van der Waals surface area (Å²) in [6, 6.07) is 0.688. The van der Waals surface area contributed by atoms with Crippen molar-refractivity contribution >= 4 is 5.95 Å². The van der Waals surface area contributed by atoms with Crippen LogP contribution in [0.3, 0.4) is 0 Å². The smallest absolute Gasteiger partial charge is 0.225 e. The fraction of sp³-hybridized carbons (Fsp3) is 0.556. The van der Waals surface area contributed by atoms with Crippen LogP contribution in [0, 0.1) is 6.92 Å². The molecule has 0 unspecified atom stereocenters. The minimum atomic E-state index is 0.688. The first-order valence-corrected chi connectivity index (χ1v) is 4.29. The Bertz CT molecular complexity index is 264. The van der Waals surface area contributed by atoms with Crippen molar-refractivity contribution in [1.29, 1.82) is 0 Å². The molecule has 0 aromatic carbocycles. The Morgan fingerprint density at radius 3 is 2.42 bits per heavy atom. The van der Waals surface area contributed by atoms with E-state index in [9.17, 15) is 0 Å². The predicted octanol–water partition coefficient (Wildman–Crippen LogP) is 1.38. The van der Waals surface area contributed by atoms with Crippen LogP contribution in [-0.4, -0.2) is 23.1 Å². The van der Waals surface area contributed by atoms with Crippen molar-refractivity contribution in [3.63, 3.8) is 0 Å². The molecule has 64 valence electrons. The maximum atomic E-state index is 4.25. The molecule has 1 aromatic heterocycles. The third-order valence-corrected chi connectivity index (χ3v) is 2.18. The van der Waals surface area contributed by atoms with Crippen LogP contribution in [0.1, 0.15) is 18.4 Å². The summed E-state index contributed by atoms with van der Waals surface area (Å²) in [6.07, 6.45) is 6.30. The Morgan fingerprint density at radius 2 is 1.92 bits per heavy atom. The second kappa shape index (κ2) is 2.73. The summed E-state index contributed by atoms with van der Waals surface area (Å²) in [5, 5.41) is 0. The third-order valence-electron chi connectivity index (χ3n) is 2.18. The van der Waals surface area contributed by atoms with E-state index in [1.54, 1.807) is 0 Å². The van der Waals surface area contributed by atoms with Crippen LogP contribution in [0.25, 0.3) is 0 Å². The molecule has 0 bridgehead atoms. The molecule has 0 spiro atoms. The van der Waals surface area contributed by atoms with Gasteiger partial charge in [-0.2, -0.15) is 0 Å². The molecular weight excluding hydrogens is 150 g/mol. The molecule has 12 heavy (non-hydrogen) atoms. The molecule has 1 aliphatic rings. The summed E-state index contributed by atoms with van der Waals surface area (Å²) in [7, 11) is 2.06. The molecule has 3 nitrogen and oxygen atoms in total. The molecule has 3 heteroatoms. The highest BCUT2D eigenvalue weighted by atomic mass is 15.3. The van der Waals surface area contributed by atoms with Gasteiger partial charge in [0, 0.05) is 25.5 Å². The van der Waals surface area contributed by atoms with E-state index in [-0.39, 0.29) is 0 Å².